The number of para-hydroxylation sites is 1. The highest BCUT2D eigenvalue weighted by atomic mass is 32.2. The Morgan fingerprint density at radius 3 is 2.32 bits per heavy atom. The summed E-state index contributed by atoms with van der Waals surface area (Å²) < 4.78 is 0. The molecule has 112 valence electrons. The summed E-state index contributed by atoms with van der Waals surface area (Å²) in [5.74, 6) is 0. The molecule has 0 aliphatic heterocycles. The Morgan fingerprint density at radius 2 is 1.59 bits per heavy atom. The summed E-state index contributed by atoms with van der Waals surface area (Å²) in [7, 11) is 0. The standard InChI is InChI=1S/C19H19NOS/c1-19(2,21)18(15-9-4-3-5-10-15)22-17-13-12-14-8-6-7-11-16(14)20-17/h3-13,18,21H,1-2H3/t18-/m0/s1. The van der Waals surface area contributed by atoms with E-state index in [4.69, 9.17) is 4.98 Å². The molecule has 3 heteroatoms. The number of hydrogen-bond donors (Lipinski definition) is 1. The fourth-order valence-corrected chi connectivity index (χ4v) is 3.60. The highest BCUT2D eigenvalue weighted by Gasteiger charge is 2.29. The van der Waals surface area contributed by atoms with Crippen LogP contribution in [0, 0.1) is 0 Å². The van der Waals surface area contributed by atoms with E-state index in [1.165, 1.54) is 0 Å². The quantitative estimate of drug-likeness (QED) is 0.700. The molecule has 1 N–H and O–H groups in total. The predicted octanol–water partition coefficient (Wildman–Crippen LogP) is 4.84. The largest absolute Gasteiger partial charge is 0.389 e. The summed E-state index contributed by atoms with van der Waals surface area (Å²) in [6, 6.07) is 22.3. The van der Waals surface area contributed by atoms with Crippen LogP contribution in [0.25, 0.3) is 10.9 Å². The molecule has 0 aliphatic carbocycles. The van der Waals surface area contributed by atoms with Gasteiger partial charge in [0.25, 0.3) is 0 Å². The molecule has 3 aromatic rings. The van der Waals surface area contributed by atoms with Gasteiger partial charge in [-0.25, -0.2) is 4.98 Å². The highest BCUT2D eigenvalue weighted by Crippen LogP contribution is 2.42. The summed E-state index contributed by atoms with van der Waals surface area (Å²) in [6.45, 7) is 3.69. The molecule has 2 nitrogen and oxygen atoms in total. The minimum absolute atomic E-state index is 0.0673. The van der Waals surface area contributed by atoms with Crippen LogP contribution in [0.15, 0.2) is 71.8 Å². The Hall–Kier alpha value is -1.84. The molecule has 1 heterocycles. The molecular weight excluding hydrogens is 290 g/mol. The van der Waals surface area contributed by atoms with E-state index in [1.807, 2.05) is 56.3 Å². The molecule has 0 unspecified atom stereocenters. The van der Waals surface area contributed by atoms with Gasteiger partial charge in [-0.1, -0.05) is 66.4 Å². The maximum absolute atomic E-state index is 10.6. The molecular formula is C19H19NOS. The van der Waals surface area contributed by atoms with Gasteiger partial charge in [-0.05, 0) is 31.5 Å². The Kier molecular flexibility index (Phi) is 4.19. The van der Waals surface area contributed by atoms with Crippen molar-refractivity contribution in [2.75, 3.05) is 0 Å². The van der Waals surface area contributed by atoms with Crippen molar-refractivity contribution in [1.29, 1.82) is 0 Å². The van der Waals surface area contributed by atoms with Gasteiger partial charge in [0, 0.05) is 5.39 Å². The van der Waals surface area contributed by atoms with Crippen LogP contribution in [0.3, 0.4) is 0 Å². The van der Waals surface area contributed by atoms with Gasteiger partial charge in [0.2, 0.25) is 0 Å². The van der Waals surface area contributed by atoms with Gasteiger partial charge < -0.3 is 5.11 Å². The predicted molar refractivity (Wildman–Crippen MR) is 93.1 cm³/mol. The SMILES string of the molecule is CC(C)(O)[C@@H](Sc1ccc2ccccc2n1)c1ccccc1. The third-order valence-electron chi connectivity index (χ3n) is 3.56. The number of hydrogen-bond acceptors (Lipinski definition) is 3. The molecule has 0 bridgehead atoms. The zero-order chi connectivity index (χ0) is 15.6. The van der Waals surface area contributed by atoms with Crippen LogP contribution in [-0.2, 0) is 0 Å². The van der Waals surface area contributed by atoms with Crippen molar-refractivity contribution in [3.05, 3.63) is 72.3 Å². The number of aromatic nitrogens is 1. The summed E-state index contributed by atoms with van der Waals surface area (Å²) in [6.07, 6.45) is 0. The van der Waals surface area contributed by atoms with Gasteiger partial charge in [-0.15, -0.1) is 0 Å². The smallest absolute Gasteiger partial charge is 0.0974 e. The Morgan fingerprint density at radius 1 is 0.909 bits per heavy atom. The van der Waals surface area contributed by atoms with Crippen LogP contribution in [0.4, 0.5) is 0 Å². The Balaban J connectivity index is 1.95. The number of benzene rings is 2. The van der Waals surface area contributed by atoms with Crippen molar-refractivity contribution in [1.82, 2.24) is 4.98 Å². The molecule has 22 heavy (non-hydrogen) atoms. The number of rotatable bonds is 4. The lowest BCUT2D eigenvalue weighted by molar-refractivity contribution is 0.0776. The molecule has 0 spiro atoms. The van der Waals surface area contributed by atoms with E-state index in [1.54, 1.807) is 11.8 Å². The molecule has 1 atom stereocenters. The molecule has 3 rings (SSSR count). The van der Waals surface area contributed by atoms with E-state index < -0.39 is 5.60 Å². The maximum atomic E-state index is 10.6. The molecule has 0 saturated carbocycles. The second kappa shape index (κ2) is 6.11. The summed E-state index contributed by atoms with van der Waals surface area (Å²) in [5.41, 5.74) is 1.25. The maximum Gasteiger partial charge on any atom is 0.0974 e. The second-order valence-electron chi connectivity index (χ2n) is 5.90. The molecule has 2 aromatic carbocycles. The van der Waals surface area contributed by atoms with Gasteiger partial charge in [0.05, 0.1) is 21.4 Å². The number of pyridine rings is 1. The monoisotopic (exact) mass is 309 g/mol. The summed E-state index contributed by atoms with van der Waals surface area (Å²) >= 11 is 1.60. The fourth-order valence-electron chi connectivity index (χ4n) is 2.48. The lowest BCUT2D eigenvalue weighted by Crippen LogP contribution is -2.26. The molecule has 0 aliphatic rings. The summed E-state index contributed by atoms with van der Waals surface area (Å²) in [4.78, 5) is 4.71. The number of fused-ring (bicyclic) bond motifs is 1. The van der Waals surface area contributed by atoms with E-state index in [2.05, 4.69) is 24.3 Å². The number of aliphatic hydroxyl groups is 1. The lowest BCUT2D eigenvalue weighted by atomic mass is 9.98. The number of thioether (sulfide) groups is 1. The minimum Gasteiger partial charge on any atom is -0.389 e. The van der Waals surface area contributed by atoms with Crippen LogP contribution in [-0.4, -0.2) is 15.7 Å². The first-order valence-electron chi connectivity index (χ1n) is 7.34. The normalized spacial score (nSPS) is 13.2. The van der Waals surface area contributed by atoms with Gasteiger partial charge in [0.15, 0.2) is 0 Å². The molecule has 1 aromatic heterocycles. The lowest BCUT2D eigenvalue weighted by Gasteiger charge is -2.29. The van der Waals surface area contributed by atoms with Crippen LogP contribution in [0.2, 0.25) is 0 Å². The first-order valence-corrected chi connectivity index (χ1v) is 8.22. The van der Waals surface area contributed by atoms with Crippen LogP contribution in [0.5, 0.6) is 0 Å². The van der Waals surface area contributed by atoms with Crippen LogP contribution in [0.1, 0.15) is 24.7 Å². The zero-order valence-corrected chi connectivity index (χ0v) is 13.5. The third kappa shape index (κ3) is 3.32. The Bertz CT molecular complexity index is 765. The fraction of sp³-hybridized carbons (Fsp3) is 0.211. The first kappa shape index (κ1) is 15.1. The van der Waals surface area contributed by atoms with Crippen molar-refractivity contribution in [2.24, 2.45) is 0 Å². The third-order valence-corrected chi connectivity index (χ3v) is 5.11. The van der Waals surface area contributed by atoms with Crippen molar-refractivity contribution in [3.63, 3.8) is 0 Å². The van der Waals surface area contributed by atoms with Crippen molar-refractivity contribution in [2.45, 2.75) is 29.7 Å². The number of nitrogens with zero attached hydrogens (tertiary/aromatic N) is 1. The molecule has 0 radical (unpaired) electrons. The van der Waals surface area contributed by atoms with E-state index in [0.29, 0.717) is 0 Å². The molecule has 0 saturated heterocycles. The Labute approximate surface area is 135 Å². The van der Waals surface area contributed by atoms with Crippen molar-refractivity contribution < 1.29 is 5.11 Å². The highest BCUT2D eigenvalue weighted by molar-refractivity contribution is 7.99. The molecule has 0 amide bonds. The average Bonchev–Trinajstić information content (AvgIpc) is 2.52. The van der Waals surface area contributed by atoms with Gasteiger partial charge in [-0.2, -0.15) is 0 Å². The molecule has 0 fully saturated rings. The van der Waals surface area contributed by atoms with Crippen molar-refractivity contribution in [3.8, 4) is 0 Å². The van der Waals surface area contributed by atoms with E-state index in [9.17, 15) is 5.11 Å². The van der Waals surface area contributed by atoms with E-state index in [-0.39, 0.29) is 5.25 Å². The van der Waals surface area contributed by atoms with E-state index >= 15 is 0 Å². The van der Waals surface area contributed by atoms with Crippen LogP contribution >= 0.6 is 11.8 Å². The first-order chi connectivity index (χ1) is 10.5. The van der Waals surface area contributed by atoms with E-state index in [0.717, 1.165) is 21.5 Å². The van der Waals surface area contributed by atoms with Gasteiger partial charge in [-0.3, -0.25) is 0 Å². The van der Waals surface area contributed by atoms with Crippen LogP contribution < -0.4 is 0 Å². The minimum atomic E-state index is -0.834. The summed E-state index contributed by atoms with van der Waals surface area (Å²) in [5, 5.41) is 12.5. The van der Waals surface area contributed by atoms with Gasteiger partial charge in [0.1, 0.15) is 0 Å². The average molecular weight is 309 g/mol. The van der Waals surface area contributed by atoms with Crippen molar-refractivity contribution >= 4 is 22.7 Å². The second-order valence-corrected chi connectivity index (χ2v) is 7.03. The van der Waals surface area contributed by atoms with Gasteiger partial charge >= 0.3 is 0 Å². The zero-order valence-electron chi connectivity index (χ0n) is 12.7. The topological polar surface area (TPSA) is 33.1 Å².